The maximum Gasteiger partial charge on any atom is 0.341 e. The van der Waals surface area contributed by atoms with Gasteiger partial charge in [-0.1, -0.05) is 30.3 Å². The smallest absolute Gasteiger partial charge is 0.341 e. The highest BCUT2D eigenvalue weighted by Crippen LogP contribution is 2.25. The van der Waals surface area contributed by atoms with Gasteiger partial charge in [-0.05, 0) is 51.5 Å². The van der Waals surface area contributed by atoms with Crippen LogP contribution in [0.3, 0.4) is 0 Å². The zero-order chi connectivity index (χ0) is 17.6. The van der Waals surface area contributed by atoms with Crippen molar-refractivity contribution in [3.05, 3.63) is 74.9 Å². The number of nitrogens with zero attached hydrogens (tertiary/aromatic N) is 2. The molecule has 0 aliphatic rings. The van der Waals surface area contributed by atoms with E-state index in [1.165, 1.54) is 0 Å². The standard InChI is InChI=1S/C19H17BrN2O2S/c1-2-24-19(23)16(10-15-11-17(20)25-13-15)18-21-8-9-22(18)12-14-6-4-3-5-7-14/h3-11,13H,2,12H2,1H3/b16-10+. The minimum atomic E-state index is -0.370. The van der Waals surface area contributed by atoms with Crippen LogP contribution in [0.4, 0.5) is 0 Å². The Balaban J connectivity index is 1.98. The Hall–Kier alpha value is -2.18. The first-order chi connectivity index (χ1) is 12.2. The van der Waals surface area contributed by atoms with Crippen LogP contribution in [-0.4, -0.2) is 22.1 Å². The Morgan fingerprint density at radius 1 is 1.36 bits per heavy atom. The van der Waals surface area contributed by atoms with Gasteiger partial charge in [0.2, 0.25) is 0 Å². The van der Waals surface area contributed by atoms with E-state index in [2.05, 4.69) is 20.9 Å². The lowest BCUT2D eigenvalue weighted by molar-refractivity contribution is -0.136. The monoisotopic (exact) mass is 416 g/mol. The molecule has 128 valence electrons. The minimum Gasteiger partial charge on any atom is -0.462 e. The van der Waals surface area contributed by atoms with Crippen molar-refractivity contribution in [2.75, 3.05) is 6.61 Å². The summed E-state index contributed by atoms with van der Waals surface area (Å²) >= 11 is 5.02. The van der Waals surface area contributed by atoms with E-state index in [0.29, 0.717) is 24.5 Å². The van der Waals surface area contributed by atoms with Crippen LogP contribution in [0.2, 0.25) is 0 Å². The largest absolute Gasteiger partial charge is 0.462 e. The number of hydrogen-bond donors (Lipinski definition) is 0. The molecule has 2 aromatic heterocycles. The van der Waals surface area contributed by atoms with Crippen LogP contribution in [0.25, 0.3) is 11.6 Å². The summed E-state index contributed by atoms with van der Waals surface area (Å²) < 4.78 is 8.21. The summed E-state index contributed by atoms with van der Waals surface area (Å²) in [7, 11) is 0. The summed E-state index contributed by atoms with van der Waals surface area (Å²) in [5.41, 5.74) is 2.53. The molecule has 0 saturated carbocycles. The van der Waals surface area contributed by atoms with Crippen LogP contribution < -0.4 is 0 Å². The molecule has 0 bridgehead atoms. The molecule has 0 fully saturated rings. The highest BCUT2D eigenvalue weighted by molar-refractivity contribution is 9.11. The molecule has 0 N–H and O–H groups in total. The molecule has 0 atom stereocenters. The lowest BCUT2D eigenvalue weighted by atomic mass is 10.1. The predicted octanol–water partition coefficient (Wildman–Crippen LogP) is 4.86. The van der Waals surface area contributed by atoms with E-state index in [4.69, 9.17) is 4.74 Å². The van der Waals surface area contributed by atoms with Crippen molar-refractivity contribution in [3.63, 3.8) is 0 Å². The first-order valence-corrected chi connectivity index (χ1v) is 9.53. The number of benzene rings is 1. The van der Waals surface area contributed by atoms with Crippen LogP contribution in [0.1, 0.15) is 23.9 Å². The number of ether oxygens (including phenoxy) is 1. The van der Waals surface area contributed by atoms with Gasteiger partial charge in [-0.15, -0.1) is 11.3 Å². The van der Waals surface area contributed by atoms with Gasteiger partial charge in [0.1, 0.15) is 11.4 Å². The highest BCUT2D eigenvalue weighted by atomic mass is 79.9. The minimum absolute atomic E-state index is 0.322. The van der Waals surface area contributed by atoms with Crippen molar-refractivity contribution < 1.29 is 9.53 Å². The molecule has 1 aromatic carbocycles. The lowest BCUT2D eigenvalue weighted by Gasteiger charge is -2.11. The molecule has 2 heterocycles. The van der Waals surface area contributed by atoms with Crippen LogP contribution in [0, 0.1) is 0 Å². The van der Waals surface area contributed by atoms with Crippen LogP contribution in [-0.2, 0) is 16.1 Å². The highest BCUT2D eigenvalue weighted by Gasteiger charge is 2.19. The van der Waals surface area contributed by atoms with Gasteiger partial charge in [-0.25, -0.2) is 9.78 Å². The van der Waals surface area contributed by atoms with Crippen molar-refractivity contribution in [3.8, 4) is 0 Å². The zero-order valence-corrected chi connectivity index (χ0v) is 16.1. The Morgan fingerprint density at radius 2 is 2.16 bits per heavy atom. The number of aromatic nitrogens is 2. The molecule has 6 heteroatoms. The molecule has 0 saturated heterocycles. The number of rotatable bonds is 6. The van der Waals surface area contributed by atoms with Gasteiger partial charge < -0.3 is 9.30 Å². The fourth-order valence-corrected chi connectivity index (χ4v) is 3.58. The zero-order valence-electron chi connectivity index (χ0n) is 13.7. The van der Waals surface area contributed by atoms with Crippen molar-refractivity contribution in [1.82, 2.24) is 9.55 Å². The van der Waals surface area contributed by atoms with Crippen LogP contribution in [0.15, 0.2) is 58.0 Å². The van der Waals surface area contributed by atoms with Gasteiger partial charge >= 0.3 is 5.97 Å². The van der Waals surface area contributed by atoms with Gasteiger partial charge in [0.05, 0.1) is 10.4 Å². The summed E-state index contributed by atoms with van der Waals surface area (Å²) in [5, 5.41) is 1.98. The Bertz CT molecular complexity index is 884. The van der Waals surface area contributed by atoms with Gasteiger partial charge in [-0.2, -0.15) is 0 Å². The molecule has 3 aromatic rings. The van der Waals surface area contributed by atoms with Crippen LogP contribution >= 0.6 is 27.3 Å². The number of thiophene rings is 1. The van der Waals surface area contributed by atoms with E-state index in [1.54, 1.807) is 24.5 Å². The maximum atomic E-state index is 12.5. The third kappa shape index (κ3) is 4.46. The quantitative estimate of drug-likeness (QED) is 0.425. The lowest BCUT2D eigenvalue weighted by Crippen LogP contribution is -2.12. The second kappa shape index (κ2) is 8.27. The predicted molar refractivity (Wildman–Crippen MR) is 104 cm³/mol. The normalized spacial score (nSPS) is 11.5. The third-order valence-corrected chi connectivity index (χ3v) is 5.07. The third-order valence-electron chi connectivity index (χ3n) is 3.55. The van der Waals surface area contributed by atoms with E-state index < -0.39 is 0 Å². The van der Waals surface area contributed by atoms with E-state index in [-0.39, 0.29) is 5.97 Å². The molecular formula is C19H17BrN2O2S. The van der Waals surface area contributed by atoms with Crippen molar-refractivity contribution in [1.29, 1.82) is 0 Å². The summed E-state index contributed by atoms with van der Waals surface area (Å²) in [6.45, 7) is 2.76. The Morgan fingerprint density at radius 3 is 2.84 bits per heavy atom. The van der Waals surface area contributed by atoms with Gasteiger partial charge in [0.15, 0.2) is 0 Å². The van der Waals surface area contributed by atoms with Crippen molar-refractivity contribution >= 4 is 44.9 Å². The Labute approximate surface area is 158 Å². The van der Waals surface area contributed by atoms with E-state index in [1.807, 2.05) is 58.6 Å². The molecule has 0 aliphatic carbocycles. The number of halogens is 1. The van der Waals surface area contributed by atoms with E-state index in [0.717, 1.165) is 14.9 Å². The summed E-state index contributed by atoms with van der Waals surface area (Å²) in [4.78, 5) is 16.9. The van der Waals surface area contributed by atoms with Crippen molar-refractivity contribution in [2.24, 2.45) is 0 Å². The molecule has 25 heavy (non-hydrogen) atoms. The topological polar surface area (TPSA) is 44.1 Å². The molecule has 0 spiro atoms. The summed E-state index contributed by atoms with van der Waals surface area (Å²) in [5.74, 6) is 0.231. The van der Waals surface area contributed by atoms with E-state index in [9.17, 15) is 4.79 Å². The maximum absolute atomic E-state index is 12.5. The fraction of sp³-hybridized carbons (Fsp3) is 0.158. The number of carbonyl (C=O) groups is 1. The molecular weight excluding hydrogens is 400 g/mol. The number of hydrogen-bond acceptors (Lipinski definition) is 4. The summed E-state index contributed by atoms with van der Waals surface area (Å²) in [6.07, 6.45) is 5.40. The number of imidazole rings is 1. The first-order valence-electron chi connectivity index (χ1n) is 7.85. The molecule has 0 amide bonds. The SMILES string of the molecule is CCOC(=O)/C(=C/c1csc(Br)c1)c1nccn1Cc1ccccc1. The van der Waals surface area contributed by atoms with Crippen molar-refractivity contribution in [2.45, 2.75) is 13.5 Å². The average Bonchev–Trinajstić information content (AvgIpc) is 3.23. The van der Waals surface area contributed by atoms with Gasteiger partial charge in [0, 0.05) is 18.9 Å². The summed E-state index contributed by atoms with van der Waals surface area (Å²) in [6, 6.07) is 12.0. The molecule has 4 nitrogen and oxygen atoms in total. The molecule has 0 unspecified atom stereocenters. The van der Waals surface area contributed by atoms with Gasteiger partial charge in [-0.3, -0.25) is 0 Å². The average molecular weight is 417 g/mol. The second-order valence-electron chi connectivity index (χ2n) is 5.33. The Kier molecular flexibility index (Phi) is 5.83. The fourth-order valence-electron chi connectivity index (χ4n) is 2.45. The first kappa shape index (κ1) is 17.6. The van der Waals surface area contributed by atoms with Crippen LogP contribution in [0.5, 0.6) is 0 Å². The number of carbonyl (C=O) groups excluding carboxylic acids is 1. The molecule has 0 aliphatic heterocycles. The molecule has 3 rings (SSSR count). The second-order valence-corrected chi connectivity index (χ2v) is 7.62. The van der Waals surface area contributed by atoms with E-state index >= 15 is 0 Å². The number of esters is 1. The molecule has 0 radical (unpaired) electrons. The van der Waals surface area contributed by atoms with Gasteiger partial charge in [0.25, 0.3) is 0 Å².